The second-order valence-corrected chi connectivity index (χ2v) is 5.73. The molecule has 2 heterocycles. The van der Waals surface area contributed by atoms with Crippen LogP contribution >= 0.6 is 0 Å². The summed E-state index contributed by atoms with van der Waals surface area (Å²) in [5.74, 6) is -0.898. The number of amides is 1. The molecular weight excluding hydrogens is 316 g/mol. The zero-order chi connectivity index (χ0) is 17.1. The zero-order valence-electron chi connectivity index (χ0n) is 13.1. The van der Waals surface area contributed by atoms with Gasteiger partial charge in [-0.15, -0.1) is 0 Å². The fourth-order valence-corrected chi connectivity index (χ4v) is 2.84. The van der Waals surface area contributed by atoms with Crippen molar-refractivity contribution in [3.63, 3.8) is 0 Å². The summed E-state index contributed by atoms with van der Waals surface area (Å²) in [6.07, 6.45) is 0.643. The molecular formula is C17H17F2N3O2. The van der Waals surface area contributed by atoms with Gasteiger partial charge in [0.2, 0.25) is 5.91 Å². The molecule has 5 nitrogen and oxygen atoms in total. The molecule has 0 fully saturated rings. The quantitative estimate of drug-likeness (QED) is 0.862. The van der Waals surface area contributed by atoms with Crippen molar-refractivity contribution in [1.82, 2.24) is 14.9 Å². The van der Waals surface area contributed by atoms with E-state index in [2.05, 4.69) is 9.97 Å². The monoisotopic (exact) mass is 333 g/mol. The summed E-state index contributed by atoms with van der Waals surface area (Å²) < 4.78 is 32.2. The Bertz CT molecular complexity index is 712. The number of halogens is 2. The van der Waals surface area contributed by atoms with Gasteiger partial charge >= 0.3 is 0 Å². The van der Waals surface area contributed by atoms with Crippen LogP contribution in [0.1, 0.15) is 11.3 Å². The number of para-hydroxylation sites is 1. The van der Waals surface area contributed by atoms with Gasteiger partial charge < -0.3 is 9.64 Å². The van der Waals surface area contributed by atoms with E-state index in [1.807, 2.05) is 0 Å². The summed E-state index contributed by atoms with van der Waals surface area (Å²) >= 11 is 0. The van der Waals surface area contributed by atoms with Crippen LogP contribution in [0.25, 0.3) is 0 Å². The Morgan fingerprint density at radius 2 is 2.17 bits per heavy atom. The molecule has 1 amide bonds. The van der Waals surface area contributed by atoms with E-state index < -0.39 is 18.4 Å². The molecule has 2 atom stereocenters. The van der Waals surface area contributed by atoms with Crippen LogP contribution in [0.4, 0.5) is 8.78 Å². The number of carbonyl (C=O) groups excluding carboxylic acids is 1. The van der Waals surface area contributed by atoms with Crippen LogP contribution in [0.3, 0.4) is 0 Å². The Hall–Kier alpha value is -2.57. The smallest absolute Gasteiger partial charge is 0.275 e. The number of benzene rings is 1. The number of nitrogens with zero attached hydrogens (tertiary/aromatic N) is 3. The molecule has 0 saturated heterocycles. The minimum absolute atomic E-state index is 0.209. The maximum absolute atomic E-state index is 13.4. The first-order valence-electron chi connectivity index (χ1n) is 7.59. The third-order valence-electron chi connectivity index (χ3n) is 4.03. The number of fused-ring (bicyclic) bond motifs is 1. The van der Waals surface area contributed by atoms with Gasteiger partial charge in [-0.25, -0.2) is 8.78 Å². The van der Waals surface area contributed by atoms with Gasteiger partial charge in [0.15, 0.2) is 6.10 Å². The summed E-state index contributed by atoms with van der Waals surface area (Å²) in [7, 11) is 1.57. The number of rotatable bonds is 4. The number of hydrogen-bond donors (Lipinski definition) is 0. The lowest BCUT2D eigenvalue weighted by Crippen LogP contribution is -2.47. The molecule has 0 bridgehead atoms. The van der Waals surface area contributed by atoms with Crippen LogP contribution in [-0.2, 0) is 17.8 Å². The highest BCUT2D eigenvalue weighted by atomic mass is 19.3. The van der Waals surface area contributed by atoms with Gasteiger partial charge in [-0.3, -0.25) is 14.8 Å². The molecule has 1 aliphatic heterocycles. The summed E-state index contributed by atoms with van der Waals surface area (Å²) in [5.41, 5.74) is 1.36. The lowest BCUT2D eigenvalue weighted by Gasteiger charge is -2.34. The van der Waals surface area contributed by atoms with E-state index in [4.69, 9.17) is 4.74 Å². The predicted octanol–water partition coefficient (Wildman–Crippen LogP) is 2.32. The topological polar surface area (TPSA) is 55.3 Å². The largest absolute Gasteiger partial charge is 0.483 e. The molecule has 24 heavy (non-hydrogen) atoms. The molecule has 7 heteroatoms. The molecule has 0 unspecified atom stereocenters. The van der Waals surface area contributed by atoms with Crippen LogP contribution in [-0.4, -0.2) is 40.4 Å². The first kappa shape index (κ1) is 16.3. The third-order valence-corrected chi connectivity index (χ3v) is 4.03. The van der Waals surface area contributed by atoms with Crippen molar-refractivity contribution in [2.75, 3.05) is 7.05 Å². The van der Waals surface area contributed by atoms with Gasteiger partial charge in [-0.2, -0.15) is 0 Å². The summed E-state index contributed by atoms with van der Waals surface area (Å²) in [6, 6.07) is 6.97. The van der Waals surface area contributed by atoms with E-state index >= 15 is 0 Å². The number of hydrogen-bond acceptors (Lipinski definition) is 4. The summed E-state index contributed by atoms with van der Waals surface area (Å²) in [6.45, 7) is 0.209. The average Bonchev–Trinajstić information content (AvgIpc) is 2.60. The lowest BCUT2D eigenvalue weighted by molar-refractivity contribution is -0.143. The first-order chi connectivity index (χ1) is 11.6. The Kier molecular flexibility index (Phi) is 4.69. The van der Waals surface area contributed by atoms with E-state index in [1.165, 1.54) is 17.3 Å². The van der Waals surface area contributed by atoms with Gasteiger partial charge in [0.25, 0.3) is 6.43 Å². The van der Waals surface area contributed by atoms with Crippen LogP contribution in [0.2, 0.25) is 0 Å². The fourth-order valence-electron chi connectivity index (χ4n) is 2.84. The number of alkyl halides is 2. The average molecular weight is 333 g/mol. The van der Waals surface area contributed by atoms with Crippen molar-refractivity contribution >= 4 is 5.91 Å². The highest BCUT2D eigenvalue weighted by Crippen LogP contribution is 2.34. The second-order valence-electron chi connectivity index (χ2n) is 5.73. The Morgan fingerprint density at radius 1 is 1.38 bits per heavy atom. The van der Waals surface area contributed by atoms with Crippen molar-refractivity contribution in [2.24, 2.45) is 5.92 Å². The fraction of sp³-hybridized carbons (Fsp3) is 0.353. The zero-order valence-corrected chi connectivity index (χ0v) is 13.1. The minimum atomic E-state index is -2.74. The van der Waals surface area contributed by atoms with Gasteiger partial charge in [-0.05, 0) is 18.1 Å². The van der Waals surface area contributed by atoms with Crippen molar-refractivity contribution in [3.05, 3.63) is 54.1 Å². The maximum atomic E-state index is 13.4. The first-order valence-corrected chi connectivity index (χ1v) is 7.59. The van der Waals surface area contributed by atoms with Crippen molar-refractivity contribution in [3.8, 4) is 5.75 Å². The molecule has 0 N–H and O–H groups in total. The molecule has 0 radical (unpaired) electrons. The van der Waals surface area contributed by atoms with E-state index in [9.17, 15) is 13.6 Å². The Labute approximate surface area is 138 Å². The molecule has 1 aromatic heterocycles. The van der Waals surface area contributed by atoms with Crippen LogP contribution in [0.5, 0.6) is 5.75 Å². The van der Waals surface area contributed by atoms with Crippen molar-refractivity contribution < 1.29 is 18.3 Å². The van der Waals surface area contributed by atoms with E-state index in [0.717, 1.165) is 5.56 Å². The minimum Gasteiger partial charge on any atom is -0.483 e. The number of aromatic nitrogens is 2. The summed E-state index contributed by atoms with van der Waals surface area (Å²) in [5, 5.41) is 0. The predicted molar refractivity (Wildman–Crippen MR) is 82.6 cm³/mol. The summed E-state index contributed by atoms with van der Waals surface area (Å²) in [4.78, 5) is 22.1. The third kappa shape index (κ3) is 3.34. The molecule has 0 saturated carbocycles. The molecule has 126 valence electrons. The molecule has 0 aliphatic carbocycles. The van der Waals surface area contributed by atoms with Crippen molar-refractivity contribution in [1.29, 1.82) is 0 Å². The number of carbonyl (C=O) groups is 1. The Balaban J connectivity index is 1.79. The Morgan fingerprint density at radius 3 is 2.88 bits per heavy atom. The highest BCUT2D eigenvalue weighted by Gasteiger charge is 2.41. The van der Waals surface area contributed by atoms with E-state index in [1.54, 1.807) is 37.5 Å². The normalized spacial score (nSPS) is 19.5. The molecule has 1 aromatic carbocycles. The van der Waals surface area contributed by atoms with Crippen LogP contribution < -0.4 is 4.74 Å². The molecule has 1 aliphatic rings. The lowest BCUT2D eigenvalue weighted by atomic mass is 9.89. The molecule has 2 aromatic rings. The standard InChI is InChI=1S/C17H17F2N3O2/c1-22(10-12-9-20-6-7-21-12)17(23)13-8-11-4-2-3-5-14(11)24-15(13)16(18)19/h2-7,9,13,15-16H,8,10H2,1H3/t13-,15-/m1/s1. The van der Waals surface area contributed by atoms with Gasteiger partial charge in [0.05, 0.1) is 24.4 Å². The van der Waals surface area contributed by atoms with Crippen LogP contribution in [0.15, 0.2) is 42.9 Å². The number of ether oxygens (including phenoxy) is 1. The van der Waals surface area contributed by atoms with Crippen molar-refractivity contribution in [2.45, 2.75) is 25.5 Å². The van der Waals surface area contributed by atoms with E-state index in [-0.39, 0.29) is 18.9 Å². The van der Waals surface area contributed by atoms with Gasteiger partial charge in [0, 0.05) is 19.4 Å². The second kappa shape index (κ2) is 6.90. The van der Waals surface area contributed by atoms with E-state index in [0.29, 0.717) is 11.4 Å². The highest BCUT2D eigenvalue weighted by molar-refractivity contribution is 5.80. The SMILES string of the molecule is CN(Cc1cnccn1)C(=O)[C@@H]1Cc2ccccc2O[C@H]1C(F)F. The van der Waals surface area contributed by atoms with Crippen LogP contribution in [0, 0.1) is 5.92 Å². The maximum Gasteiger partial charge on any atom is 0.275 e. The molecule has 3 rings (SSSR count). The molecule has 0 spiro atoms. The van der Waals surface area contributed by atoms with Gasteiger partial charge in [-0.1, -0.05) is 18.2 Å². The van der Waals surface area contributed by atoms with Gasteiger partial charge in [0.1, 0.15) is 5.75 Å².